The van der Waals surface area contributed by atoms with Crippen LogP contribution in [0.25, 0.3) is 11.3 Å². The van der Waals surface area contributed by atoms with Gasteiger partial charge in [0.1, 0.15) is 0 Å². The summed E-state index contributed by atoms with van der Waals surface area (Å²) in [5.74, 6) is 0.758. The van der Waals surface area contributed by atoms with Gasteiger partial charge < -0.3 is 10.1 Å². The van der Waals surface area contributed by atoms with E-state index in [2.05, 4.69) is 10.3 Å². The van der Waals surface area contributed by atoms with Crippen LogP contribution in [0.15, 0.2) is 66.0 Å². The highest BCUT2D eigenvalue weighted by atomic mass is 32.2. The third-order valence-electron chi connectivity index (χ3n) is 4.91. The van der Waals surface area contributed by atoms with Crippen molar-refractivity contribution in [3.8, 4) is 11.3 Å². The summed E-state index contributed by atoms with van der Waals surface area (Å²) in [7, 11) is 1.56. The molecule has 1 N–H and O–H groups in total. The molecule has 1 unspecified atom stereocenters. The van der Waals surface area contributed by atoms with Crippen molar-refractivity contribution in [3.05, 3.63) is 71.6 Å². The zero-order valence-electron chi connectivity index (χ0n) is 18.2. The van der Waals surface area contributed by atoms with E-state index in [-0.39, 0.29) is 11.0 Å². The maximum Gasteiger partial charge on any atom is 0.226 e. The molecule has 5 nitrogen and oxygen atoms in total. The van der Waals surface area contributed by atoms with Gasteiger partial charge in [-0.2, -0.15) is 0 Å². The van der Waals surface area contributed by atoms with Crippen molar-refractivity contribution >= 4 is 39.3 Å². The minimum atomic E-state index is -0.516. The van der Waals surface area contributed by atoms with Crippen LogP contribution >= 0.6 is 23.1 Å². The molecule has 0 spiro atoms. The SMILES string of the molecule is COC(C(=O)SCCCCCCC(=O)Nc1nc(-c2ccccc2)cs1)c1ccccc1. The van der Waals surface area contributed by atoms with Crippen LogP contribution in [0, 0.1) is 0 Å². The molecule has 7 heteroatoms. The first kappa shape index (κ1) is 24.2. The second kappa shape index (κ2) is 13.2. The number of hydrogen-bond donors (Lipinski definition) is 1. The highest BCUT2D eigenvalue weighted by Gasteiger charge is 2.19. The fourth-order valence-corrected chi connectivity index (χ4v) is 4.91. The molecule has 0 fully saturated rings. The van der Waals surface area contributed by atoms with Crippen LogP contribution in [0.4, 0.5) is 5.13 Å². The first-order chi connectivity index (χ1) is 15.7. The lowest BCUT2D eigenvalue weighted by molar-refractivity contribution is -0.120. The van der Waals surface area contributed by atoms with Crippen LogP contribution in [-0.2, 0) is 14.3 Å². The summed E-state index contributed by atoms with van der Waals surface area (Å²) in [6.07, 6.45) is 3.68. The summed E-state index contributed by atoms with van der Waals surface area (Å²) in [6, 6.07) is 19.5. The molecule has 1 amide bonds. The average Bonchev–Trinajstić information content (AvgIpc) is 3.28. The number of hydrogen-bond acceptors (Lipinski definition) is 6. The topological polar surface area (TPSA) is 68.3 Å². The van der Waals surface area contributed by atoms with Gasteiger partial charge in [-0.05, 0) is 18.4 Å². The van der Waals surface area contributed by atoms with Gasteiger partial charge in [-0.15, -0.1) is 11.3 Å². The van der Waals surface area contributed by atoms with E-state index in [1.807, 2.05) is 66.0 Å². The van der Waals surface area contributed by atoms with Crippen LogP contribution in [0.2, 0.25) is 0 Å². The number of rotatable bonds is 12. The molecule has 0 aliphatic heterocycles. The highest BCUT2D eigenvalue weighted by Crippen LogP contribution is 2.25. The van der Waals surface area contributed by atoms with Crippen LogP contribution in [0.1, 0.15) is 43.8 Å². The van der Waals surface area contributed by atoms with Crippen LogP contribution in [-0.4, -0.2) is 28.9 Å². The van der Waals surface area contributed by atoms with Crippen molar-refractivity contribution in [2.45, 2.75) is 38.2 Å². The van der Waals surface area contributed by atoms with Gasteiger partial charge in [0.05, 0.1) is 5.69 Å². The molecule has 32 heavy (non-hydrogen) atoms. The van der Waals surface area contributed by atoms with Crippen molar-refractivity contribution in [1.29, 1.82) is 0 Å². The standard InChI is InChI=1S/C25H28N2O3S2/c1-30-23(20-14-8-5-9-15-20)24(29)31-17-11-3-2-10-16-22(28)27-25-26-21(18-32-25)19-12-6-4-7-13-19/h4-9,12-15,18,23H,2-3,10-11,16-17H2,1H3,(H,26,27,28). The van der Waals surface area contributed by atoms with E-state index in [1.165, 1.54) is 23.1 Å². The number of methoxy groups -OCH3 is 1. The van der Waals surface area contributed by atoms with Gasteiger partial charge >= 0.3 is 0 Å². The molecule has 1 atom stereocenters. The Morgan fingerprint density at radius 2 is 1.69 bits per heavy atom. The maximum atomic E-state index is 12.4. The number of thioether (sulfide) groups is 1. The maximum absolute atomic E-state index is 12.4. The smallest absolute Gasteiger partial charge is 0.226 e. The minimum absolute atomic E-state index is 0.00527. The summed E-state index contributed by atoms with van der Waals surface area (Å²) in [5.41, 5.74) is 2.80. The summed E-state index contributed by atoms with van der Waals surface area (Å²) < 4.78 is 5.38. The molecule has 0 aliphatic carbocycles. The molecule has 0 saturated heterocycles. The van der Waals surface area contributed by atoms with E-state index in [1.54, 1.807) is 7.11 Å². The van der Waals surface area contributed by atoms with Gasteiger partial charge in [-0.25, -0.2) is 4.98 Å². The Morgan fingerprint density at radius 1 is 1.00 bits per heavy atom. The van der Waals surface area contributed by atoms with Crippen LogP contribution < -0.4 is 5.32 Å². The van der Waals surface area contributed by atoms with Gasteiger partial charge in [0.2, 0.25) is 11.0 Å². The molecular formula is C25H28N2O3S2. The number of thiazole rings is 1. The second-order valence-electron chi connectivity index (χ2n) is 7.31. The Labute approximate surface area is 197 Å². The van der Waals surface area contributed by atoms with Gasteiger partial charge in [0.15, 0.2) is 11.2 Å². The fraction of sp³-hybridized carbons (Fsp3) is 0.320. The van der Waals surface area contributed by atoms with Crippen molar-refractivity contribution in [3.63, 3.8) is 0 Å². The lowest BCUT2D eigenvalue weighted by Gasteiger charge is -2.13. The van der Waals surface area contributed by atoms with Gasteiger partial charge in [0, 0.05) is 30.2 Å². The molecule has 2 aromatic carbocycles. The molecule has 3 rings (SSSR count). The predicted octanol–water partition coefficient (Wildman–Crippen LogP) is 6.35. The van der Waals surface area contributed by atoms with E-state index >= 15 is 0 Å². The third-order valence-corrected chi connectivity index (χ3v) is 6.66. The number of nitrogens with one attached hydrogen (secondary N) is 1. The monoisotopic (exact) mass is 468 g/mol. The van der Waals surface area contributed by atoms with Gasteiger partial charge in [-0.1, -0.05) is 85.3 Å². The number of benzene rings is 2. The lowest BCUT2D eigenvalue weighted by Crippen LogP contribution is -2.11. The van der Waals surface area contributed by atoms with Crippen molar-refractivity contribution in [1.82, 2.24) is 4.98 Å². The summed E-state index contributed by atoms with van der Waals surface area (Å²) in [5, 5.41) is 5.52. The van der Waals surface area contributed by atoms with Crippen LogP contribution in [0.3, 0.4) is 0 Å². The summed E-state index contributed by atoms with van der Waals surface area (Å²) >= 11 is 2.76. The number of amides is 1. The number of carbonyl (C=O) groups excluding carboxylic acids is 2. The van der Waals surface area contributed by atoms with Crippen LogP contribution in [0.5, 0.6) is 0 Å². The number of aromatic nitrogens is 1. The normalized spacial score (nSPS) is 11.8. The van der Waals surface area contributed by atoms with Gasteiger partial charge in [0.25, 0.3) is 0 Å². The molecule has 1 heterocycles. The number of ether oxygens (including phenoxy) is 1. The van der Waals surface area contributed by atoms with E-state index in [9.17, 15) is 9.59 Å². The quantitative estimate of drug-likeness (QED) is 0.314. The zero-order valence-corrected chi connectivity index (χ0v) is 19.8. The molecule has 0 aliphatic rings. The number of nitrogens with zero attached hydrogens (tertiary/aromatic N) is 1. The first-order valence-electron chi connectivity index (χ1n) is 10.7. The Hall–Kier alpha value is -2.48. The molecule has 1 aromatic heterocycles. The second-order valence-corrected chi connectivity index (χ2v) is 9.27. The predicted molar refractivity (Wildman–Crippen MR) is 133 cm³/mol. The Morgan fingerprint density at radius 3 is 2.41 bits per heavy atom. The summed E-state index contributed by atoms with van der Waals surface area (Å²) in [4.78, 5) is 29.1. The van der Waals surface area contributed by atoms with E-state index < -0.39 is 6.10 Å². The highest BCUT2D eigenvalue weighted by molar-refractivity contribution is 8.13. The van der Waals surface area contributed by atoms with E-state index in [0.717, 1.165) is 48.3 Å². The molecule has 168 valence electrons. The Balaban J connectivity index is 1.28. The first-order valence-corrected chi connectivity index (χ1v) is 12.6. The number of anilines is 1. The third kappa shape index (κ3) is 7.58. The Kier molecular flexibility index (Phi) is 9.94. The Bertz CT molecular complexity index is 977. The molecule has 0 bridgehead atoms. The molecule has 3 aromatic rings. The molecule has 0 radical (unpaired) electrons. The number of unbranched alkanes of at least 4 members (excludes halogenated alkanes) is 3. The van der Waals surface area contributed by atoms with Gasteiger partial charge in [-0.3, -0.25) is 9.59 Å². The minimum Gasteiger partial charge on any atom is -0.368 e. The lowest BCUT2D eigenvalue weighted by atomic mass is 10.1. The average molecular weight is 469 g/mol. The largest absolute Gasteiger partial charge is 0.368 e. The van der Waals surface area contributed by atoms with Crippen molar-refractivity contribution in [2.75, 3.05) is 18.2 Å². The molecular weight excluding hydrogens is 440 g/mol. The van der Waals surface area contributed by atoms with E-state index in [4.69, 9.17) is 4.74 Å². The number of carbonyl (C=O) groups is 2. The summed E-state index contributed by atoms with van der Waals surface area (Å²) in [6.45, 7) is 0. The van der Waals surface area contributed by atoms with Crippen molar-refractivity contribution in [2.24, 2.45) is 0 Å². The van der Waals surface area contributed by atoms with E-state index in [0.29, 0.717) is 11.6 Å². The van der Waals surface area contributed by atoms with Crippen molar-refractivity contribution < 1.29 is 14.3 Å². The molecule has 0 saturated carbocycles. The fourth-order valence-electron chi connectivity index (χ4n) is 3.24. The zero-order chi connectivity index (χ0) is 22.6.